The van der Waals surface area contributed by atoms with Crippen molar-refractivity contribution in [1.29, 1.82) is 0 Å². The third-order valence-electron chi connectivity index (χ3n) is 2.90. The van der Waals surface area contributed by atoms with E-state index in [2.05, 4.69) is 16.9 Å². The van der Waals surface area contributed by atoms with Gasteiger partial charge in [-0.1, -0.05) is 6.07 Å². The van der Waals surface area contributed by atoms with Gasteiger partial charge in [0.05, 0.1) is 0 Å². The molecule has 0 aromatic carbocycles. The smallest absolute Gasteiger partial charge is 0.213 e. The lowest BCUT2D eigenvalue weighted by molar-refractivity contribution is 0.110. The van der Waals surface area contributed by atoms with Gasteiger partial charge in [-0.3, -0.25) is 0 Å². The number of nitrogens with zero attached hydrogens (tertiary/aromatic N) is 2. The number of pyridine rings is 1. The van der Waals surface area contributed by atoms with Crippen molar-refractivity contribution >= 4 is 11.6 Å². The number of alkyl halides is 1. The van der Waals surface area contributed by atoms with Crippen molar-refractivity contribution in [3.8, 4) is 5.88 Å². The van der Waals surface area contributed by atoms with Crippen molar-refractivity contribution in [1.82, 2.24) is 9.88 Å². The zero-order valence-electron chi connectivity index (χ0n) is 9.53. The van der Waals surface area contributed by atoms with Gasteiger partial charge in [0, 0.05) is 31.2 Å². The minimum atomic E-state index is 0.311. The molecule has 88 valence electrons. The van der Waals surface area contributed by atoms with Crippen molar-refractivity contribution in [2.75, 3.05) is 20.1 Å². The fraction of sp³-hybridized carbons (Fsp3) is 0.583. The van der Waals surface area contributed by atoms with Crippen LogP contribution in [-0.4, -0.2) is 36.1 Å². The predicted molar refractivity (Wildman–Crippen MR) is 64.9 cm³/mol. The van der Waals surface area contributed by atoms with Crippen LogP contribution >= 0.6 is 11.6 Å². The zero-order valence-corrected chi connectivity index (χ0v) is 10.3. The van der Waals surface area contributed by atoms with Crippen LogP contribution in [0.2, 0.25) is 0 Å². The summed E-state index contributed by atoms with van der Waals surface area (Å²) in [6, 6.07) is 3.86. The first-order valence-corrected chi connectivity index (χ1v) is 6.17. The Morgan fingerprint density at radius 2 is 2.19 bits per heavy atom. The summed E-state index contributed by atoms with van der Waals surface area (Å²) in [5.41, 5.74) is 1.03. The first-order valence-electron chi connectivity index (χ1n) is 5.64. The minimum Gasteiger partial charge on any atom is -0.474 e. The van der Waals surface area contributed by atoms with Crippen LogP contribution in [-0.2, 0) is 5.88 Å². The monoisotopic (exact) mass is 240 g/mol. The Morgan fingerprint density at radius 1 is 1.44 bits per heavy atom. The number of halogens is 1. The van der Waals surface area contributed by atoms with Gasteiger partial charge < -0.3 is 9.64 Å². The number of aromatic nitrogens is 1. The third-order valence-corrected chi connectivity index (χ3v) is 3.21. The number of hydrogen-bond donors (Lipinski definition) is 0. The predicted octanol–water partition coefficient (Wildman–Crippen LogP) is 2.29. The molecule has 0 spiro atoms. The van der Waals surface area contributed by atoms with E-state index in [0.717, 1.165) is 31.5 Å². The van der Waals surface area contributed by atoms with Crippen LogP contribution in [0.1, 0.15) is 18.4 Å². The molecule has 0 saturated carbocycles. The van der Waals surface area contributed by atoms with Crippen molar-refractivity contribution in [2.24, 2.45) is 0 Å². The normalized spacial score (nSPS) is 18.6. The summed E-state index contributed by atoms with van der Waals surface area (Å²) in [5, 5.41) is 0. The van der Waals surface area contributed by atoms with E-state index in [-0.39, 0.29) is 0 Å². The standard InChI is InChI=1S/C12H17ClN2O/c1-15-6-4-11(5-7-15)16-12-3-2-10(8-13)9-14-12/h2-3,9,11H,4-8H2,1H3. The maximum atomic E-state index is 5.82. The van der Waals surface area contributed by atoms with Crippen molar-refractivity contribution in [2.45, 2.75) is 24.8 Å². The Bertz CT molecular complexity index is 320. The van der Waals surface area contributed by atoms with Crippen LogP contribution in [0.3, 0.4) is 0 Å². The molecule has 0 amide bonds. The van der Waals surface area contributed by atoms with Crippen LogP contribution in [0, 0.1) is 0 Å². The molecule has 0 N–H and O–H groups in total. The fourth-order valence-corrected chi connectivity index (χ4v) is 1.99. The highest BCUT2D eigenvalue weighted by atomic mass is 35.5. The van der Waals surface area contributed by atoms with Crippen LogP contribution < -0.4 is 4.74 Å². The molecule has 0 radical (unpaired) electrons. The molecular weight excluding hydrogens is 224 g/mol. The molecule has 1 saturated heterocycles. The highest BCUT2D eigenvalue weighted by Gasteiger charge is 2.18. The van der Waals surface area contributed by atoms with Gasteiger partial charge in [0.25, 0.3) is 0 Å². The topological polar surface area (TPSA) is 25.4 Å². The molecule has 1 aromatic rings. The van der Waals surface area contributed by atoms with Gasteiger partial charge >= 0.3 is 0 Å². The molecule has 2 heterocycles. The quantitative estimate of drug-likeness (QED) is 0.758. The third kappa shape index (κ3) is 3.09. The molecule has 3 nitrogen and oxygen atoms in total. The lowest BCUT2D eigenvalue weighted by Crippen LogP contribution is -2.35. The zero-order chi connectivity index (χ0) is 11.4. The first-order chi connectivity index (χ1) is 7.78. The molecule has 4 heteroatoms. The average molecular weight is 241 g/mol. The maximum absolute atomic E-state index is 5.82. The Kier molecular flexibility index (Phi) is 4.02. The largest absolute Gasteiger partial charge is 0.474 e. The van der Waals surface area contributed by atoms with E-state index < -0.39 is 0 Å². The summed E-state index contributed by atoms with van der Waals surface area (Å²) in [4.78, 5) is 6.57. The number of rotatable bonds is 3. The Hall–Kier alpha value is -0.800. The average Bonchev–Trinajstić information content (AvgIpc) is 2.33. The van der Waals surface area contributed by atoms with E-state index in [1.807, 2.05) is 12.1 Å². The molecule has 1 aromatic heterocycles. The molecule has 0 atom stereocenters. The number of piperidine rings is 1. The summed E-state index contributed by atoms with van der Waals surface area (Å²) >= 11 is 5.70. The van der Waals surface area contributed by atoms with Crippen molar-refractivity contribution in [3.05, 3.63) is 23.9 Å². The first kappa shape index (κ1) is 11.7. The van der Waals surface area contributed by atoms with Gasteiger partial charge in [-0.25, -0.2) is 4.98 Å². The molecule has 0 aliphatic carbocycles. The van der Waals surface area contributed by atoms with Gasteiger partial charge in [-0.2, -0.15) is 0 Å². The Labute approximate surface area is 101 Å². The fourth-order valence-electron chi connectivity index (χ4n) is 1.83. The molecule has 2 rings (SSSR count). The molecule has 0 unspecified atom stereocenters. The molecule has 16 heavy (non-hydrogen) atoms. The van der Waals surface area contributed by atoms with Gasteiger partial charge in [-0.05, 0) is 25.5 Å². The summed E-state index contributed by atoms with van der Waals surface area (Å²) in [6.45, 7) is 2.20. The Morgan fingerprint density at radius 3 is 2.75 bits per heavy atom. The van der Waals surface area contributed by atoms with Gasteiger partial charge in [0.2, 0.25) is 5.88 Å². The molecule has 0 bridgehead atoms. The van der Waals surface area contributed by atoms with E-state index >= 15 is 0 Å². The summed E-state index contributed by atoms with van der Waals surface area (Å²) in [5.74, 6) is 1.21. The number of ether oxygens (including phenoxy) is 1. The van der Waals surface area contributed by atoms with E-state index in [1.165, 1.54) is 0 Å². The number of likely N-dealkylation sites (tertiary alicyclic amines) is 1. The van der Waals surface area contributed by atoms with Crippen molar-refractivity contribution < 1.29 is 4.74 Å². The summed E-state index contributed by atoms with van der Waals surface area (Å²) in [6.07, 6.45) is 4.24. The van der Waals surface area contributed by atoms with E-state index in [9.17, 15) is 0 Å². The second-order valence-corrected chi connectivity index (χ2v) is 4.53. The summed E-state index contributed by atoms with van der Waals surface area (Å²) in [7, 11) is 2.14. The maximum Gasteiger partial charge on any atom is 0.213 e. The highest BCUT2D eigenvalue weighted by molar-refractivity contribution is 6.17. The van der Waals surface area contributed by atoms with E-state index in [1.54, 1.807) is 6.20 Å². The number of hydrogen-bond acceptors (Lipinski definition) is 3. The molecular formula is C12H17ClN2O. The van der Waals surface area contributed by atoms with Gasteiger partial charge in [-0.15, -0.1) is 11.6 Å². The van der Waals surface area contributed by atoms with Crippen molar-refractivity contribution in [3.63, 3.8) is 0 Å². The summed E-state index contributed by atoms with van der Waals surface area (Å²) < 4.78 is 5.82. The minimum absolute atomic E-state index is 0.311. The van der Waals surface area contributed by atoms with Gasteiger partial charge in [0.1, 0.15) is 6.10 Å². The SMILES string of the molecule is CN1CCC(Oc2ccc(CCl)cn2)CC1. The van der Waals surface area contributed by atoms with Crippen LogP contribution in [0.4, 0.5) is 0 Å². The second kappa shape index (κ2) is 5.51. The highest BCUT2D eigenvalue weighted by Crippen LogP contribution is 2.17. The Balaban J connectivity index is 1.88. The van der Waals surface area contributed by atoms with Crippen LogP contribution in [0.5, 0.6) is 5.88 Å². The molecule has 1 fully saturated rings. The van der Waals surface area contributed by atoms with E-state index in [4.69, 9.17) is 16.3 Å². The van der Waals surface area contributed by atoms with Gasteiger partial charge in [0.15, 0.2) is 0 Å². The van der Waals surface area contributed by atoms with Crippen LogP contribution in [0.15, 0.2) is 18.3 Å². The molecule has 1 aliphatic heterocycles. The van der Waals surface area contributed by atoms with Crippen LogP contribution in [0.25, 0.3) is 0 Å². The lowest BCUT2D eigenvalue weighted by Gasteiger charge is -2.28. The second-order valence-electron chi connectivity index (χ2n) is 4.26. The lowest BCUT2D eigenvalue weighted by atomic mass is 10.1. The molecule has 1 aliphatic rings. The van der Waals surface area contributed by atoms with E-state index in [0.29, 0.717) is 17.9 Å².